The Morgan fingerprint density at radius 2 is 1.94 bits per heavy atom. The molecular formula is C12H23N3O. The third-order valence-corrected chi connectivity index (χ3v) is 3.80. The molecular weight excluding hydrogens is 202 g/mol. The van der Waals surface area contributed by atoms with Crippen LogP contribution in [0.3, 0.4) is 0 Å². The number of hydrogen-bond acceptors (Lipinski definition) is 2. The van der Waals surface area contributed by atoms with E-state index in [-0.39, 0.29) is 6.03 Å². The molecule has 1 heterocycles. The smallest absolute Gasteiger partial charge is 0.314 e. The van der Waals surface area contributed by atoms with Crippen LogP contribution in [0.4, 0.5) is 4.79 Å². The van der Waals surface area contributed by atoms with Crippen LogP contribution in [0.25, 0.3) is 0 Å². The van der Waals surface area contributed by atoms with Gasteiger partial charge < -0.3 is 16.0 Å². The van der Waals surface area contributed by atoms with E-state index in [1.807, 2.05) is 0 Å². The van der Waals surface area contributed by atoms with Crippen molar-refractivity contribution in [1.29, 1.82) is 0 Å². The van der Waals surface area contributed by atoms with Gasteiger partial charge in [0.2, 0.25) is 0 Å². The number of likely N-dealkylation sites (tertiary alicyclic amines) is 1. The zero-order valence-electron chi connectivity index (χ0n) is 10.1. The third kappa shape index (κ3) is 2.88. The van der Waals surface area contributed by atoms with E-state index >= 15 is 0 Å². The quantitative estimate of drug-likeness (QED) is 0.744. The van der Waals surface area contributed by atoms with Gasteiger partial charge in [-0.3, -0.25) is 0 Å². The molecule has 2 atom stereocenters. The Morgan fingerprint density at radius 3 is 2.56 bits per heavy atom. The van der Waals surface area contributed by atoms with Gasteiger partial charge in [0.25, 0.3) is 0 Å². The fourth-order valence-corrected chi connectivity index (χ4v) is 3.08. The van der Waals surface area contributed by atoms with Gasteiger partial charge in [0.1, 0.15) is 0 Å². The standard InChI is InChI=1S/C12H23N3O/c1-9-6-11(8-15(7-9)12(13)16)14-10-4-2-3-5-10/h9-11,14H,2-8H2,1H3,(H2,13,16). The fourth-order valence-electron chi connectivity index (χ4n) is 3.08. The first-order valence-corrected chi connectivity index (χ1v) is 6.45. The van der Waals surface area contributed by atoms with E-state index < -0.39 is 0 Å². The number of piperidine rings is 1. The first-order valence-electron chi connectivity index (χ1n) is 6.45. The molecule has 0 aromatic rings. The predicted molar refractivity (Wildman–Crippen MR) is 64.1 cm³/mol. The Morgan fingerprint density at radius 1 is 1.25 bits per heavy atom. The van der Waals surface area contributed by atoms with Crippen LogP contribution in [-0.4, -0.2) is 36.1 Å². The molecule has 1 aliphatic heterocycles. The van der Waals surface area contributed by atoms with Crippen LogP contribution >= 0.6 is 0 Å². The fraction of sp³-hybridized carbons (Fsp3) is 0.917. The second kappa shape index (κ2) is 5.04. The number of urea groups is 1. The van der Waals surface area contributed by atoms with Crippen molar-refractivity contribution >= 4 is 6.03 Å². The minimum absolute atomic E-state index is 0.273. The Bertz CT molecular complexity index is 251. The van der Waals surface area contributed by atoms with Crippen LogP contribution in [0.2, 0.25) is 0 Å². The SMILES string of the molecule is CC1CC(NC2CCCC2)CN(C(N)=O)C1. The maximum atomic E-state index is 11.2. The summed E-state index contributed by atoms with van der Waals surface area (Å²) in [5, 5.41) is 3.68. The molecule has 2 aliphatic rings. The molecule has 2 unspecified atom stereocenters. The predicted octanol–water partition coefficient (Wildman–Crippen LogP) is 1.31. The molecule has 16 heavy (non-hydrogen) atoms. The number of nitrogens with one attached hydrogen (secondary N) is 1. The Hall–Kier alpha value is -0.770. The van der Waals surface area contributed by atoms with Gasteiger partial charge in [0.05, 0.1) is 0 Å². The minimum atomic E-state index is -0.273. The summed E-state index contributed by atoms with van der Waals surface area (Å²) in [7, 11) is 0. The molecule has 92 valence electrons. The first kappa shape index (κ1) is 11.7. The van der Waals surface area contributed by atoms with Gasteiger partial charge in [-0.1, -0.05) is 19.8 Å². The number of nitrogens with two attached hydrogens (primary N) is 1. The summed E-state index contributed by atoms with van der Waals surface area (Å²) in [5.74, 6) is 0.556. The molecule has 1 aliphatic carbocycles. The van der Waals surface area contributed by atoms with Crippen LogP contribution in [0.5, 0.6) is 0 Å². The number of carbonyl (C=O) groups excluding carboxylic acids is 1. The summed E-state index contributed by atoms with van der Waals surface area (Å²) in [6.07, 6.45) is 6.45. The van der Waals surface area contributed by atoms with Crippen molar-refractivity contribution in [1.82, 2.24) is 10.2 Å². The van der Waals surface area contributed by atoms with E-state index in [0.717, 1.165) is 13.1 Å². The minimum Gasteiger partial charge on any atom is -0.351 e. The summed E-state index contributed by atoms with van der Waals surface area (Å²) in [5.41, 5.74) is 5.36. The van der Waals surface area contributed by atoms with Gasteiger partial charge in [-0.25, -0.2) is 4.79 Å². The number of hydrogen-bond donors (Lipinski definition) is 2. The van der Waals surface area contributed by atoms with Crippen LogP contribution in [0, 0.1) is 5.92 Å². The van der Waals surface area contributed by atoms with E-state index in [1.165, 1.54) is 32.1 Å². The molecule has 3 N–H and O–H groups in total. The molecule has 4 nitrogen and oxygen atoms in total. The molecule has 1 saturated heterocycles. The second-order valence-corrected chi connectivity index (χ2v) is 5.43. The van der Waals surface area contributed by atoms with E-state index in [4.69, 9.17) is 5.73 Å². The molecule has 0 bridgehead atoms. The van der Waals surface area contributed by atoms with Crippen LogP contribution < -0.4 is 11.1 Å². The molecule has 1 saturated carbocycles. The Kier molecular flexibility index (Phi) is 3.69. The van der Waals surface area contributed by atoms with Crippen molar-refractivity contribution in [3.63, 3.8) is 0 Å². The van der Waals surface area contributed by atoms with Crippen LogP contribution in [0.15, 0.2) is 0 Å². The van der Waals surface area contributed by atoms with Gasteiger partial charge in [-0.2, -0.15) is 0 Å². The second-order valence-electron chi connectivity index (χ2n) is 5.43. The average molecular weight is 225 g/mol. The summed E-state index contributed by atoms with van der Waals surface area (Å²) in [4.78, 5) is 13.0. The van der Waals surface area contributed by atoms with Gasteiger partial charge in [0.15, 0.2) is 0 Å². The Labute approximate surface area is 97.6 Å². The van der Waals surface area contributed by atoms with E-state index in [1.54, 1.807) is 4.90 Å². The molecule has 2 amide bonds. The Balaban J connectivity index is 1.86. The maximum absolute atomic E-state index is 11.2. The summed E-state index contributed by atoms with van der Waals surface area (Å²) in [6.45, 7) is 3.80. The molecule has 4 heteroatoms. The lowest BCUT2D eigenvalue weighted by molar-refractivity contribution is 0.154. The zero-order chi connectivity index (χ0) is 11.5. The van der Waals surface area contributed by atoms with Gasteiger partial charge in [0, 0.05) is 25.2 Å². The van der Waals surface area contributed by atoms with Crippen molar-refractivity contribution in [3.05, 3.63) is 0 Å². The van der Waals surface area contributed by atoms with E-state index in [2.05, 4.69) is 12.2 Å². The molecule has 0 radical (unpaired) electrons. The lowest BCUT2D eigenvalue weighted by Crippen LogP contribution is -2.53. The highest BCUT2D eigenvalue weighted by atomic mass is 16.2. The number of rotatable bonds is 2. The van der Waals surface area contributed by atoms with Crippen molar-refractivity contribution in [3.8, 4) is 0 Å². The van der Waals surface area contributed by atoms with Crippen LogP contribution in [0.1, 0.15) is 39.0 Å². The zero-order valence-corrected chi connectivity index (χ0v) is 10.1. The highest BCUT2D eigenvalue weighted by Gasteiger charge is 2.28. The maximum Gasteiger partial charge on any atom is 0.314 e. The summed E-state index contributed by atoms with van der Waals surface area (Å²) < 4.78 is 0. The average Bonchev–Trinajstić information content (AvgIpc) is 2.69. The largest absolute Gasteiger partial charge is 0.351 e. The highest BCUT2D eigenvalue weighted by molar-refractivity contribution is 5.72. The van der Waals surface area contributed by atoms with E-state index in [0.29, 0.717) is 18.0 Å². The molecule has 0 aromatic carbocycles. The number of primary amides is 1. The lowest BCUT2D eigenvalue weighted by Gasteiger charge is -2.37. The monoisotopic (exact) mass is 225 g/mol. The first-order chi connectivity index (χ1) is 7.65. The normalized spacial score (nSPS) is 31.9. The summed E-state index contributed by atoms with van der Waals surface area (Å²) >= 11 is 0. The molecule has 0 spiro atoms. The van der Waals surface area contributed by atoms with Crippen molar-refractivity contribution in [2.75, 3.05) is 13.1 Å². The van der Waals surface area contributed by atoms with Gasteiger partial charge >= 0.3 is 6.03 Å². The molecule has 0 aromatic heterocycles. The topological polar surface area (TPSA) is 58.4 Å². The summed E-state index contributed by atoms with van der Waals surface area (Å²) in [6, 6.07) is 0.842. The van der Waals surface area contributed by atoms with Crippen molar-refractivity contribution in [2.45, 2.75) is 51.1 Å². The van der Waals surface area contributed by atoms with Crippen LogP contribution in [-0.2, 0) is 0 Å². The van der Waals surface area contributed by atoms with Crippen molar-refractivity contribution in [2.24, 2.45) is 11.7 Å². The van der Waals surface area contributed by atoms with E-state index in [9.17, 15) is 4.79 Å². The lowest BCUT2D eigenvalue weighted by atomic mass is 9.95. The van der Waals surface area contributed by atoms with Crippen molar-refractivity contribution < 1.29 is 4.79 Å². The number of nitrogens with zero attached hydrogens (tertiary/aromatic N) is 1. The molecule has 2 rings (SSSR count). The number of carbonyl (C=O) groups is 1. The highest BCUT2D eigenvalue weighted by Crippen LogP contribution is 2.22. The number of amides is 2. The van der Waals surface area contributed by atoms with Gasteiger partial charge in [-0.15, -0.1) is 0 Å². The molecule has 2 fully saturated rings. The third-order valence-electron chi connectivity index (χ3n) is 3.80. The van der Waals surface area contributed by atoms with Gasteiger partial charge in [-0.05, 0) is 25.2 Å².